The summed E-state index contributed by atoms with van der Waals surface area (Å²) in [6.45, 7) is 2.94. The number of nitrogens with one attached hydrogen (secondary N) is 2. The van der Waals surface area contributed by atoms with Crippen LogP contribution in [0.2, 0.25) is 0 Å². The summed E-state index contributed by atoms with van der Waals surface area (Å²) in [4.78, 5) is 31.0. The summed E-state index contributed by atoms with van der Waals surface area (Å²) < 4.78 is 15.4. The van der Waals surface area contributed by atoms with Gasteiger partial charge in [-0.05, 0) is 60.1 Å². The molecule has 282 valence electrons. The molecular weight excluding hydrogens is 711 g/mol. The highest BCUT2D eigenvalue weighted by atomic mass is 32.1. The van der Waals surface area contributed by atoms with Crippen molar-refractivity contribution < 1.29 is 23.7 Å². The summed E-state index contributed by atoms with van der Waals surface area (Å²) in [5.74, 6) is 0.694. The molecule has 1 saturated heterocycles. The molecule has 3 amide bonds. The highest BCUT2D eigenvalue weighted by Gasteiger charge is 2.21. The van der Waals surface area contributed by atoms with Gasteiger partial charge in [0, 0.05) is 37.5 Å². The van der Waals surface area contributed by atoms with Gasteiger partial charge in [0.1, 0.15) is 31.0 Å². The van der Waals surface area contributed by atoms with Crippen LogP contribution in [0.5, 0.6) is 5.75 Å². The summed E-state index contributed by atoms with van der Waals surface area (Å²) >= 11 is 1.61. The predicted octanol–water partition coefficient (Wildman–Crippen LogP) is 6.93. The minimum absolute atomic E-state index is 0.0628. The van der Waals surface area contributed by atoms with E-state index in [1.165, 1.54) is 16.7 Å². The Bertz CT molecular complexity index is 2170. The Morgan fingerprint density at radius 2 is 1.69 bits per heavy atom. The number of aromatic nitrogens is 4. The van der Waals surface area contributed by atoms with Crippen molar-refractivity contribution in [3.8, 4) is 33.1 Å². The van der Waals surface area contributed by atoms with Gasteiger partial charge in [0.05, 0.1) is 23.0 Å². The molecule has 2 aromatic heterocycles. The quantitative estimate of drug-likeness (QED) is 0.0772. The number of nitrogens with zero attached hydrogens (tertiary/aromatic N) is 5. The Morgan fingerprint density at radius 1 is 0.909 bits per heavy atom. The van der Waals surface area contributed by atoms with Gasteiger partial charge in [-0.2, -0.15) is 0 Å². The van der Waals surface area contributed by atoms with Gasteiger partial charge in [0.2, 0.25) is 0 Å². The van der Waals surface area contributed by atoms with Gasteiger partial charge in [0.25, 0.3) is 0 Å². The summed E-state index contributed by atoms with van der Waals surface area (Å²) in [7, 11) is 1.94. The van der Waals surface area contributed by atoms with Crippen molar-refractivity contribution in [3.05, 3.63) is 137 Å². The van der Waals surface area contributed by atoms with E-state index in [1.54, 1.807) is 16.2 Å². The lowest BCUT2D eigenvalue weighted by atomic mass is 10.0. The zero-order valence-electron chi connectivity index (χ0n) is 31.0. The van der Waals surface area contributed by atoms with Crippen LogP contribution in [-0.2, 0) is 37.7 Å². The Morgan fingerprint density at radius 3 is 2.47 bits per heavy atom. The predicted molar refractivity (Wildman–Crippen MR) is 213 cm³/mol. The van der Waals surface area contributed by atoms with Crippen molar-refractivity contribution in [1.29, 1.82) is 0 Å². The van der Waals surface area contributed by atoms with E-state index in [1.807, 2.05) is 77.2 Å². The average Bonchev–Trinajstić information content (AvgIpc) is 3.97. The van der Waals surface area contributed by atoms with Crippen LogP contribution in [0.25, 0.3) is 27.4 Å². The van der Waals surface area contributed by atoms with E-state index in [2.05, 4.69) is 64.5 Å². The maximum Gasteiger partial charge on any atom is 0.407 e. The number of aryl methyl sites for hydroxylation is 4. The lowest BCUT2D eigenvalue weighted by Gasteiger charge is -2.16. The topological polar surface area (TPSA) is 114 Å². The lowest BCUT2D eigenvalue weighted by molar-refractivity contribution is -0.661. The molecule has 1 fully saturated rings. The molecule has 2 N–H and O–H groups in total. The second kappa shape index (κ2) is 18.4. The first kappa shape index (κ1) is 37.3. The van der Waals surface area contributed by atoms with E-state index in [9.17, 15) is 9.59 Å². The molecule has 55 heavy (non-hydrogen) atoms. The van der Waals surface area contributed by atoms with Crippen LogP contribution in [0.3, 0.4) is 0 Å². The van der Waals surface area contributed by atoms with E-state index >= 15 is 0 Å². The monoisotopic (exact) mass is 756 g/mol. The SMILES string of the molecule is Cn1n[n+](-c2ccc(-c3nc(CCc4ccc(-c5ccccc5)cc4)cs3)c(OCCN3CCNC3=O)c2)cc1CCCCNC(=O)OCc1ccccc1. The van der Waals surface area contributed by atoms with Crippen LogP contribution < -0.4 is 20.1 Å². The lowest BCUT2D eigenvalue weighted by Crippen LogP contribution is -2.33. The Balaban J connectivity index is 0.973. The average molecular weight is 757 g/mol. The molecule has 11 nitrogen and oxygen atoms in total. The zero-order valence-corrected chi connectivity index (χ0v) is 31.8. The number of urea groups is 1. The first-order valence-electron chi connectivity index (χ1n) is 18.8. The fourth-order valence-corrected chi connectivity index (χ4v) is 7.34. The molecule has 0 bridgehead atoms. The van der Waals surface area contributed by atoms with Gasteiger partial charge in [-0.3, -0.25) is 0 Å². The Hall–Kier alpha value is -6.01. The highest BCUT2D eigenvalue weighted by molar-refractivity contribution is 7.13. The minimum atomic E-state index is -0.411. The molecule has 0 atom stereocenters. The van der Waals surface area contributed by atoms with E-state index in [4.69, 9.17) is 19.7 Å². The van der Waals surface area contributed by atoms with Gasteiger partial charge in [-0.15, -0.1) is 20.7 Å². The van der Waals surface area contributed by atoms with Crippen LogP contribution in [-0.4, -0.2) is 64.7 Å². The maximum absolute atomic E-state index is 12.2. The minimum Gasteiger partial charge on any atom is -0.491 e. The van der Waals surface area contributed by atoms with E-state index in [0.717, 1.165) is 65.3 Å². The first-order chi connectivity index (χ1) is 27.0. The molecule has 1 aliphatic heterocycles. The van der Waals surface area contributed by atoms with Crippen LogP contribution in [0, 0.1) is 0 Å². The maximum atomic E-state index is 12.2. The van der Waals surface area contributed by atoms with Crippen LogP contribution in [0.1, 0.15) is 35.4 Å². The fourth-order valence-electron chi connectivity index (χ4n) is 6.45. The number of alkyl carbamates (subject to hydrolysis) is 1. The fraction of sp³-hybridized carbons (Fsp3) is 0.279. The number of carbonyl (C=O) groups excluding carboxylic acids is 2. The Labute approximate surface area is 325 Å². The number of amides is 3. The molecule has 1 aliphatic rings. The third kappa shape index (κ3) is 10.2. The number of thiazole rings is 1. The number of hydrogen-bond donors (Lipinski definition) is 2. The standard InChI is InChI=1S/C43H45N7O4S/c1-48-38(14-8-9-23-45-43(52)54-30-33-10-4-2-5-11-33)29-50(47-48)37-21-22-39(40(28-37)53-27-26-49-25-24-44-42(49)51)41-46-36(31-55-41)20-17-32-15-18-35(19-16-32)34-12-6-3-7-13-34/h2-7,10-13,15-16,18-19,21-22,28-29,31H,8-9,14,17,20,23-27,30H2,1H3,(H-,44,45,51,52)/p+1. The molecule has 7 rings (SSSR count). The number of hydrogen-bond acceptors (Lipinski definition) is 7. The van der Waals surface area contributed by atoms with Gasteiger partial charge >= 0.3 is 12.1 Å². The van der Waals surface area contributed by atoms with Crippen molar-refractivity contribution in [2.24, 2.45) is 7.05 Å². The van der Waals surface area contributed by atoms with Crippen LogP contribution in [0.4, 0.5) is 9.59 Å². The second-order valence-corrected chi connectivity index (χ2v) is 14.3. The van der Waals surface area contributed by atoms with E-state index in [0.29, 0.717) is 38.5 Å². The van der Waals surface area contributed by atoms with Crippen molar-refractivity contribution in [2.45, 2.75) is 38.7 Å². The molecule has 0 unspecified atom stereocenters. The number of benzene rings is 4. The summed E-state index contributed by atoms with van der Waals surface area (Å²) in [6, 6.07) is 34.8. The van der Waals surface area contributed by atoms with Crippen LogP contribution >= 0.6 is 11.3 Å². The molecule has 4 aromatic carbocycles. The van der Waals surface area contributed by atoms with Crippen molar-refractivity contribution in [3.63, 3.8) is 0 Å². The third-order valence-corrected chi connectivity index (χ3v) is 10.5. The summed E-state index contributed by atoms with van der Waals surface area (Å²) in [6.07, 6.45) is 5.84. The highest BCUT2D eigenvalue weighted by Crippen LogP contribution is 2.34. The number of ether oxygens (including phenoxy) is 2. The van der Waals surface area contributed by atoms with Gasteiger partial charge in [0.15, 0.2) is 17.6 Å². The van der Waals surface area contributed by atoms with E-state index < -0.39 is 6.09 Å². The van der Waals surface area contributed by atoms with Crippen molar-refractivity contribution >= 4 is 23.5 Å². The second-order valence-electron chi connectivity index (χ2n) is 13.5. The normalized spacial score (nSPS) is 12.5. The number of unbranched alkanes of at least 4 members (excludes halogenated alkanes) is 1. The van der Waals surface area contributed by atoms with Gasteiger partial charge in [-0.25, -0.2) is 14.6 Å². The molecule has 0 spiro atoms. The smallest absolute Gasteiger partial charge is 0.407 e. The summed E-state index contributed by atoms with van der Waals surface area (Å²) in [5.41, 5.74) is 8.53. The molecule has 0 saturated carbocycles. The molecule has 12 heteroatoms. The van der Waals surface area contributed by atoms with Gasteiger partial charge in [-0.1, -0.05) is 84.9 Å². The summed E-state index contributed by atoms with van der Waals surface area (Å²) in [5, 5.41) is 13.5. The zero-order chi connectivity index (χ0) is 37.8. The molecule has 0 aliphatic carbocycles. The largest absolute Gasteiger partial charge is 0.491 e. The molecule has 6 aromatic rings. The molecular formula is C43H46N7O4S+. The Kier molecular flexibility index (Phi) is 12.4. The van der Waals surface area contributed by atoms with E-state index in [-0.39, 0.29) is 12.6 Å². The van der Waals surface area contributed by atoms with Crippen molar-refractivity contribution in [2.75, 3.05) is 32.8 Å². The number of rotatable bonds is 17. The number of carbonyl (C=O) groups is 2. The molecule has 3 heterocycles. The third-order valence-electron chi connectivity index (χ3n) is 9.57. The van der Waals surface area contributed by atoms with Crippen molar-refractivity contribution in [1.82, 2.24) is 30.4 Å². The molecule has 0 radical (unpaired) electrons. The first-order valence-corrected chi connectivity index (χ1v) is 19.6. The van der Waals surface area contributed by atoms with Crippen LogP contribution in [0.15, 0.2) is 115 Å². The van der Waals surface area contributed by atoms with Gasteiger partial charge < -0.3 is 25.0 Å².